The number of amides is 3. The monoisotopic (exact) mass is 627 g/mol. The highest BCUT2D eigenvalue weighted by atomic mass is 19.1. The average molecular weight is 628 g/mol. The average Bonchev–Trinajstić information content (AvgIpc) is 3.80. The number of allylic oxidation sites excluding steroid dienone is 1. The first-order chi connectivity index (χ1) is 22.1. The number of alkyl halides is 1. The minimum atomic E-state index is -1.36. The second-order valence-corrected chi connectivity index (χ2v) is 12.6. The number of carbonyl (C=O) groups is 3. The summed E-state index contributed by atoms with van der Waals surface area (Å²) in [6.45, 7) is 3.13. The molecule has 0 spiro atoms. The van der Waals surface area contributed by atoms with Crippen molar-refractivity contribution in [3.05, 3.63) is 88.9 Å². The van der Waals surface area contributed by atoms with E-state index in [0.717, 1.165) is 36.2 Å². The van der Waals surface area contributed by atoms with Gasteiger partial charge in [-0.3, -0.25) is 14.4 Å². The van der Waals surface area contributed by atoms with Gasteiger partial charge in [-0.25, -0.2) is 13.8 Å². The van der Waals surface area contributed by atoms with Crippen LogP contribution in [0.25, 0.3) is 22.6 Å². The van der Waals surface area contributed by atoms with Gasteiger partial charge in [-0.15, -0.1) is 0 Å². The third-order valence-electron chi connectivity index (χ3n) is 9.02. The number of rotatable bonds is 9. The fourth-order valence-corrected chi connectivity index (χ4v) is 6.13. The minimum absolute atomic E-state index is 0.0598. The summed E-state index contributed by atoms with van der Waals surface area (Å²) in [6, 6.07) is 12.0. The van der Waals surface area contributed by atoms with Crippen LogP contribution in [0.2, 0.25) is 0 Å². The Hall–Kier alpha value is -4.44. The van der Waals surface area contributed by atoms with Crippen molar-refractivity contribution in [3.63, 3.8) is 0 Å². The Morgan fingerprint density at radius 1 is 1.11 bits per heavy atom. The highest BCUT2D eigenvalue weighted by Crippen LogP contribution is 2.33. The van der Waals surface area contributed by atoms with Crippen LogP contribution in [0.5, 0.6) is 0 Å². The SMILES string of the molecule is C[C@H](NC(=O)[C@@H]1C[C@@H](F)CN1C(=O)CNC(=O)c1ccc2cc(F)ccc2n1)c1cc(C2=CCN(C)CC2)ccc1/C=C/C1CC1. The number of pyridine rings is 1. The molecule has 0 unspecified atom stereocenters. The van der Waals surface area contributed by atoms with Crippen molar-refractivity contribution in [2.24, 2.45) is 5.92 Å². The van der Waals surface area contributed by atoms with Crippen molar-refractivity contribution in [2.75, 3.05) is 33.2 Å². The smallest absolute Gasteiger partial charge is 0.270 e. The van der Waals surface area contributed by atoms with Crippen LogP contribution in [0.4, 0.5) is 8.78 Å². The van der Waals surface area contributed by atoms with Crippen LogP contribution in [0, 0.1) is 11.7 Å². The molecular formula is C36H39F2N5O3. The van der Waals surface area contributed by atoms with E-state index >= 15 is 0 Å². The number of fused-ring (bicyclic) bond motifs is 1. The molecule has 3 amide bonds. The summed E-state index contributed by atoms with van der Waals surface area (Å²) in [5.41, 5.74) is 4.88. The lowest BCUT2D eigenvalue weighted by Crippen LogP contribution is -2.49. The lowest BCUT2D eigenvalue weighted by atomic mass is 9.92. The Morgan fingerprint density at radius 2 is 1.93 bits per heavy atom. The van der Waals surface area contributed by atoms with Gasteiger partial charge in [-0.05, 0) is 91.7 Å². The van der Waals surface area contributed by atoms with E-state index in [-0.39, 0.29) is 24.7 Å². The summed E-state index contributed by atoms with van der Waals surface area (Å²) in [5.74, 6) is -1.41. The number of halogens is 2. The van der Waals surface area contributed by atoms with E-state index in [1.165, 1.54) is 47.6 Å². The lowest BCUT2D eigenvalue weighted by molar-refractivity contribution is -0.138. The van der Waals surface area contributed by atoms with Crippen LogP contribution in [0.3, 0.4) is 0 Å². The van der Waals surface area contributed by atoms with E-state index in [0.29, 0.717) is 16.8 Å². The number of hydrogen-bond acceptors (Lipinski definition) is 5. The van der Waals surface area contributed by atoms with Gasteiger partial charge in [0, 0.05) is 24.9 Å². The third kappa shape index (κ3) is 7.33. The molecule has 2 fully saturated rings. The molecule has 0 bridgehead atoms. The van der Waals surface area contributed by atoms with Gasteiger partial charge >= 0.3 is 0 Å². The number of aromatic nitrogens is 1. The maximum Gasteiger partial charge on any atom is 0.270 e. The Kier molecular flexibility index (Phi) is 9.26. The van der Waals surface area contributed by atoms with Crippen molar-refractivity contribution in [2.45, 2.75) is 50.9 Å². The Bertz CT molecular complexity index is 1720. The fraction of sp³-hybridized carbons (Fsp3) is 0.389. The zero-order valence-corrected chi connectivity index (χ0v) is 26.1. The van der Waals surface area contributed by atoms with Gasteiger partial charge in [-0.2, -0.15) is 0 Å². The highest BCUT2D eigenvalue weighted by Gasteiger charge is 2.40. The largest absolute Gasteiger partial charge is 0.348 e. The normalized spacial score (nSPS) is 21.0. The quantitative estimate of drug-likeness (QED) is 0.346. The Labute approximate surface area is 267 Å². The van der Waals surface area contributed by atoms with Gasteiger partial charge < -0.3 is 20.4 Å². The predicted molar refractivity (Wildman–Crippen MR) is 174 cm³/mol. The fourth-order valence-electron chi connectivity index (χ4n) is 6.13. The molecule has 3 aliphatic rings. The first-order valence-corrected chi connectivity index (χ1v) is 15.9. The van der Waals surface area contributed by atoms with Gasteiger partial charge in [0.05, 0.1) is 24.6 Å². The molecule has 240 valence electrons. The van der Waals surface area contributed by atoms with E-state index in [4.69, 9.17) is 0 Å². The third-order valence-corrected chi connectivity index (χ3v) is 9.02. The van der Waals surface area contributed by atoms with E-state index in [2.05, 4.69) is 64.0 Å². The summed E-state index contributed by atoms with van der Waals surface area (Å²) in [6.07, 6.45) is 8.43. The maximum absolute atomic E-state index is 14.7. The second kappa shape index (κ2) is 13.5. The molecule has 0 radical (unpaired) electrons. The molecule has 3 atom stereocenters. The standard InChI is InChI=1S/C36H39F2N5O3/c1-22(30-18-26(24-13-15-42(2)16-14-24)8-7-25(30)6-5-23-3-4-23)40-36(46)33-19-29(38)21-43(33)34(44)20-39-35(45)32-11-9-27-17-28(37)10-12-31(27)41-32/h5-13,17-18,22-23,29,33H,3-4,14-16,19-21H2,1-2H3,(H,39,45)(H,40,46)/b6-5+/t22-,29+,33-/m0/s1. The van der Waals surface area contributed by atoms with Crippen LogP contribution in [0.15, 0.2) is 60.7 Å². The molecule has 6 rings (SSSR count). The van der Waals surface area contributed by atoms with Crippen molar-refractivity contribution in [3.8, 4) is 0 Å². The van der Waals surface area contributed by atoms with Crippen LogP contribution >= 0.6 is 0 Å². The van der Waals surface area contributed by atoms with Gasteiger partial charge in [0.25, 0.3) is 5.91 Å². The molecule has 1 aromatic heterocycles. The lowest BCUT2D eigenvalue weighted by Gasteiger charge is -2.27. The molecule has 46 heavy (non-hydrogen) atoms. The molecule has 2 aromatic carbocycles. The maximum atomic E-state index is 14.7. The number of nitrogens with one attached hydrogen (secondary N) is 2. The second-order valence-electron chi connectivity index (χ2n) is 12.6. The summed E-state index contributed by atoms with van der Waals surface area (Å²) in [5, 5.41) is 6.12. The van der Waals surface area contributed by atoms with Gasteiger partial charge in [0.1, 0.15) is 23.7 Å². The van der Waals surface area contributed by atoms with Crippen LogP contribution < -0.4 is 10.6 Å². The van der Waals surface area contributed by atoms with E-state index in [1.807, 2.05) is 6.92 Å². The number of likely N-dealkylation sites (tertiary alicyclic amines) is 1. The van der Waals surface area contributed by atoms with Gasteiger partial charge in [-0.1, -0.05) is 36.4 Å². The van der Waals surface area contributed by atoms with Crippen LogP contribution in [-0.2, 0) is 9.59 Å². The van der Waals surface area contributed by atoms with Crippen molar-refractivity contribution in [1.82, 2.24) is 25.4 Å². The summed E-state index contributed by atoms with van der Waals surface area (Å²) >= 11 is 0. The molecule has 1 saturated heterocycles. The van der Waals surface area contributed by atoms with Crippen molar-refractivity contribution in [1.29, 1.82) is 0 Å². The summed E-state index contributed by atoms with van der Waals surface area (Å²) in [7, 11) is 2.10. The first kappa shape index (κ1) is 31.5. The summed E-state index contributed by atoms with van der Waals surface area (Å²) < 4.78 is 28.2. The van der Waals surface area contributed by atoms with Crippen LogP contribution in [-0.4, -0.2) is 77.9 Å². The number of likely N-dealkylation sites (N-methyl/N-ethyl adjacent to an activating group) is 1. The molecule has 3 aromatic rings. The number of hydrogen-bond donors (Lipinski definition) is 2. The molecule has 1 saturated carbocycles. The zero-order valence-electron chi connectivity index (χ0n) is 26.1. The van der Waals surface area contributed by atoms with Crippen molar-refractivity contribution < 1.29 is 23.2 Å². The first-order valence-electron chi connectivity index (χ1n) is 15.9. The number of nitrogens with zero attached hydrogens (tertiary/aromatic N) is 3. The van der Waals surface area contributed by atoms with Crippen LogP contribution in [0.1, 0.15) is 65.8 Å². The van der Waals surface area contributed by atoms with Gasteiger partial charge in [0.15, 0.2) is 0 Å². The number of benzene rings is 2. The summed E-state index contributed by atoms with van der Waals surface area (Å²) in [4.78, 5) is 47.2. The molecule has 1 aliphatic carbocycles. The molecule has 10 heteroatoms. The molecule has 3 heterocycles. The minimum Gasteiger partial charge on any atom is -0.348 e. The van der Waals surface area contributed by atoms with Crippen molar-refractivity contribution >= 4 is 40.3 Å². The highest BCUT2D eigenvalue weighted by molar-refractivity contribution is 5.97. The van der Waals surface area contributed by atoms with E-state index in [9.17, 15) is 23.2 Å². The molecular weight excluding hydrogens is 588 g/mol. The molecule has 8 nitrogen and oxygen atoms in total. The zero-order chi connectivity index (χ0) is 32.4. The Morgan fingerprint density at radius 3 is 2.70 bits per heavy atom. The number of carbonyl (C=O) groups excluding carboxylic acids is 3. The Balaban J connectivity index is 1.13. The van der Waals surface area contributed by atoms with Gasteiger partial charge in [0.2, 0.25) is 11.8 Å². The topological polar surface area (TPSA) is 94.6 Å². The molecule has 2 aliphatic heterocycles. The predicted octanol–water partition coefficient (Wildman–Crippen LogP) is 5.06. The molecule has 2 N–H and O–H groups in total. The van der Waals surface area contributed by atoms with E-state index in [1.54, 1.807) is 6.07 Å². The van der Waals surface area contributed by atoms with E-state index < -0.39 is 42.3 Å².